The van der Waals surface area contributed by atoms with Crippen LogP contribution in [0.2, 0.25) is 0 Å². The number of hydrogen-bond acceptors (Lipinski definition) is 4. The molecule has 0 fully saturated rings. The van der Waals surface area contributed by atoms with E-state index in [0.717, 1.165) is 31.6 Å². The number of aromatic nitrogens is 2. The monoisotopic (exact) mass is 270 g/mol. The van der Waals surface area contributed by atoms with Crippen LogP contribution < -0.4 is 5.32 Å². The Morgan fingerprint density at radius 2 is 1.75 bits per heavy atom. The Morgan fingerprint density at radius 1 is 1.05 bits per heavy atom. The molecule has 4 nitrogen and oxygen atoms in total. The molecule has 0 spiro atoms. The first-order valence-corrected chi connectivity index (χ1v) is 6.99. The molecule has 2 rings (SSSR count). The number of anilines is 1. The van der Waals surface area contributed by atoms with Crippen LogP contribution in [-0.2, 0) is 6.42 Å². The third-order valence-corrected chi connectivity index (χ3v) is 3.18. The van der Waals surface area contributed by atoms with E-state index in [-0.39, 0.29) is 0 Å². The normalized spacial score (nSPS) is 10.8. The molecule has 0 saturated carbocycles. The summed E-state index contributed by atoms with van der Waals surface area (Å²) in [7, 11) is 2.14. The fourth-order valence-corrected chi connectivity index (χ4v) is 1.92. The Morgan fingerprint density at radius 3 is 2.45 bits per heavy atom. The van der Waals surface area contributed by atoms with Crippen molar-refractivity contribution in [2.24, 2.45) is 0 Å². The second-order valence-corrected chi connectivity index (χ2v) is 5.05. The SMILES string of the molecule is Cc1cnc(NCCN(C)CCc2ccccc2)nc1. The third-order valence-electron chi connectivity index (χ3n) is 3.18. The minimum Gasteiger partial charge on any atom is -0.353 e. The fraction of sp³-hybridized carbons (Fsp3) is 0.375. The molecule has 0 unspecified atom stereocenters. The summed E-state index contributed by atoms with van der Waals surface area (Å²) in [6.07, 6.45) is 4.74. The molecule has 4 heteroatoms. The van der Waals surface area contributed by atoms with Crippen LogP contribution in [0.25, 0.3) is 0 Å². The van der Waals surface area contributed by atoms with Crippen LogP contribution in [0.5, 0.6) is 0 Å². The number of hydrogen-bond donors (Lipinski definition) is 1. The van der Waals surface area contributed by atoms with Gasteiger partial charge in [-0.3, -0.25) is 0 Å². The average Bonchev–Trinajstić information content (AvgIpc) is 2.48. The van der Waals surface area contributed by atoms with Gasteiger partial charge in [0.1, 0.15) is 0 Å². The second-order valence-electron chi connectivity index (χ2n) is 5.05. The lowest BCUT2D eigenvalue weighted by molar-refractivity contribution is 0.351. The van der Waals surface area contributed by atoms with Gasteiger partial charge in [0.25, 0.3) is 0 Å². The number of nitrogens with one attached hydrogen (secondary N) is 1. The second kappa shape index (κ2) is 7.60. The van der Waals surface area contributed by atoms with E-state index >= 15 is 0 Å². The lowest BCUT2D eigenvalue weighted by Crippen LogP contribution is -2.27. The highest BCUT2D eigenvalue weighted by Gasteiger charge is 2.00. The first-order chi connectivity index (χ1) is 9.74. The van der Waals surface area contributed by atoms with Crippen molar-refractivity contribution in [1.82, 2.24) is 14.9 Å². The van der Waals surface area contributed by atoms with Crippen molar-refractivity contribution in [3.63, 3.8) is 0 Å². The van der Waals surface area contributed by atoms with Crippen LogP contribution in [0, 0.1) is 6.92 Å². The third kappa shape index (κ3) is 4.97. The minimum atomic E-state index is 0.701. The molecule has 1 N–H and O–H groups in total. The highest BCUT2D eigenvalue weighted by Crippen LogP contribution is 2.01. The Bertz CT molecular complexity index is 496. The molecule has 0 radical (unpaired) electrons. The van der Waals surface area contributed by atoms with Gasteiger partial charge in [-0.25, -0.2) is 9.97 Å². The average molecular weight is 270 g/mol. The van der Waals surface area contributed by atoms with Crippen molar-refractivity contribution < 1.29 is 0 Å². The van der Waals surface area contributed by atoms with Crippen LogP contribution in [0.3, 0.4) is 0 Å². The summed E-state index contributed by atoms with van der Waals surface area (Å²) in [5.74, 6) is 0.701. The van der Waals surface area contributed by atoms with Gasteiger partial charge >= 0.3 is 0 Å². The van der Waals surface area contributed by atoms with Gasteiger partial charge in [0.15, 0.2) is 0 Å². The summed E-state index contributed by atoms with van der Waals surface area (Å²) >= 11 is 0. The maximum atomic E-state index is 4.23. The number of likely N-dealkylation sites (N-methyl/N-ethyl adjacent to an activating group) is 1. The van der Waals surface area contributed by atoms with E-state index in [0.29, 0.717) is 5.95 Å². The maximum Gasteiger partial charge on any atom is 0.222 e. The van der Waals surface area contributed by atoms with Crippen molar-refractivity contribution in [2.45, 2.75) is 13.3 Å². The van der Waals surface area contributed by atoms with Gasteiger partial charge in [-0.2, -0.15) is 0 Å². The zero-order valence-corrected chi connectivity index (χ0v) is 12.2. The first-order valence-electron chi connectivity index (χ1n) is 6.99. The predicted molar refractivity (Wildman–Crippen MR) is 82.9 cm³/mol. The molecule has 0 aliphatic heterocycles. The maximum absolute atomic E-state index is 4.23. The van der Waals surface area contributed by atoms with Crippen molar-refractivity contribution >= 4 is 5.95 Å². The summed E-state index contributed by atoms with van der Waals surface area (Å²) in [4.78, 5) is 10.8. The summed E-state index contributed by atoms with van der Waals surface area (Å²) in [5, 5.41) is 3.24. The zero-order chi connectivity index (χ0) is 14.2. The van der Waals surface area contributed by atoms with E-state index in [2.05, 4.69) is 57.6 Å². The highest BCUT2D eigenvalue weighted by atomic mass is 15.1. The van der Waals surface area contributed by atoms with Crippen LogP contribution in [0.1, 0.15) is 11.1 Å². The summed E-state index contributed by atoms with van der Waals surface area (Å²) in [5.41, 5.74) is 2.46. The van der Waals surface area contributed by atoms with E-state index in [1.165, 1.54) is 5.56 Å². The fourth-order valence-electron chi connectivity index (χ4n) is 1.92. The molecule has 1 aromatic carbocycles. The van der Waals surface area contributed by atoms with E-state index in [4.69, 9.17) is 0 Å². The van der Waals surface area contributed by atoms with Gasteiger partial charge in [0.05, 0.1) is 0 Å². The quantitative estimate of drug-likeness (QED) is 0.838. The van der Waals surface area contributed by atoms with Gasteiger partial charge < -0.3 is 10.2 Å². The zero-order valence-electron chi connectivity index (χ0n) is 12.2. The Kier molecular flexibility index (Phi) is 5.50. The molecule has 1 aromatic heterocycles. The Labute approximate surface area is 120 Å². The smallest absolute Gasteiger partial charge is 0.222 e. The van der Waals surface area contributed by atoms with Gasteiger partial charge in [0, 0.05) is 32.0 Å². The molecule has 0 aliphatic carbocycles. The molecule has 106 valence electrons. The minimum absolute atomic E-state index is 0.701. The summed E-state index contributed by atoms with van der Waals surface area (Å²) < 4.78 is 0. The molecule has 2 aromatic rings. The molecule has 0 atom stereocenters. The molecule has 0 saturated heterocycles. The van der Waals surface area contributed by atoms with Crippen LogP contribution >= 0.6 is 0 Å². The molecule has 20 heavy (non-hydrogen) atoms. The molecule has 0 bridgehead atoms. The first kappa shape index (κ1) is 14.5. The van der Waals surface area contributed by atoms with Crippen LogP contribution in [0.15, 0.2) is 42.7 Å². The molecule has 0 aliphatic rings. The van der Waals surface area contributed by atoms with E-state index in [1.807, 2.05) is 19.3 Å². The van der Waals surface area contributed by atoms with Crippen molar-refractivity contribution in [3.05, 3.63) is 53.9 Å². The van der Waals surface area contributed by atoms with Gasteiger partial charge in [-0.1, -0.05) is 30.3 Å². The van der Waals surface area contributed by atoms with Crippen LogP contribution in [0.4, 0.5) is 5.95 Å². The number of rotatable bonds is 7. The van der Waals surface area contributed by atoms with Crippen molar-refractivity contribution in [1.29, 1.82) is 0 Å². The van der Waals surface area contributed by atoms with Crippen molar-refractivity contribution in [2.75, 3.05) is 32.0 Å². The topological polar surface area (TPSA) is 41.1 Å². The van der Waals surface area contributed by atoms with Gasteiger partial charge in [-0.05, 0) is 31.5 Å². The molecule has 0 amide bonds. The lowest BCUT2D eigenvalue weighted by Gasteiger charge is -2.16. The Balaban J connectivity index is 1.65. The lowest BCUT2D eigenvalue weighted by atomic mass is 10.1. The van der Waals surface area contributed by atoms with Crippen molar-refractivity contribution in [3.8, 4) is 0 Å². The predicted octanol–water partition coefficient (Wildman–Crippen LogP) is 2.37. The standard InChI is InChI=1S/C16H22N4/c1-14-12-18-16(19-13-14)17-9-11-20(2)10-8-15-6-4-3-5-7-15/h3-7,12-13H,8-11H2,1-2H3,(H,17,18,19). The number of aryl methyl sites for hydroxylation is 1. The molecular formula is C16H22N4. The van der Waals surface area contributed by atoms with E-state index in [9.17, 15) is 0 Å². The molecule has 1 heterocycles. The van der Waals surface area contributed by atoms with Gasteiger partial charge in [0.2, 0.25) is 5.95 Å². The summed E-state index contributed by atoms with van der Waals surface area (Å²) in [6, 6.07) is 10.6. The summed E-state index contributed by atoms with van der Waals surface area (Å²) in [6.45, 7) is 4.88. The highest BCUT2D eigenvalue weighted by molar-refractivity contribution is 5.24. The van der Waals surface area contributed by atoms with Gasteiger partial charge in [-0.15, -0.1) is 0 Å². The van der Waals surface area contributed by atoms with E-state index in [1.54, 1.807) is 0 Å². The Hall–Kier alpha value is -1.94. The van der Waals surface area contributed by atoms with E-state index < -0.39 is 0 Å². The molecular weight excluding hydrogens is 248 g/mol. The largest absolute Gasteiger partial charge is 0.353 e. The van der Waals surface area contributed by atoms with Crippen LogP contribution in [-0.4, -0.2) is 41.5 Å². The number of nitrogens with zero attached hydrogens (tertiary/aromatic N) is 3. The number of benzene rings is 1.